The van der Waals surface area contributed by atoms with Gasteiger partial charge in [0.05, 0.1) is 0 Å². The van der Waals surface area contributed by atoms with Crippen LogP contribution < -0.4 is 10.5 Å². The molecule has 1 amide bonds. The predicted octanol–water partition coefficient (Wildman–Crippen LogP) is 0.336. The van der Waals surface area contributed by atoms with Gasteiger partial charge in [0.2, 0.25) is 15.9 Å². The van der Waals surface area contributed by atoms with E-state index in [1.165, 1.54) is 18.5 Å². The number of hydrogen-bond acceptors (Lipinski definition) is 5. The van der Waals surface area contributed by atoms with Crippen molar-refractivity contribution in [2.75, 3.05) is 19.6 Å². The summed E-state index contributed by atoms with van der Waals surface area (Å²) in [7, 11) is -3.61. The van der Waals surface area contributed by atoms with Gasteiger partial charge in [-0.1, -0.05) is 0 Å². The van der Waals surface area contributed by atoms with Gasteiger partial charge in [0.1, 0.15) is 4.90 Å². The van der Waals surface area contributed by atoms with Gasteiger partial charge in [0, 0.05) is 44.5 Å². The molecule has 2 unspecified atom stereocenters. The molecule has 2 atom stereocenters. The minimum Gasteiger partial charge on any atom is -0.342 e. The Hall–Kier alpha value is -1.51. The number of rotatable bonds is 6. The van der Waals surface area contributed by atoms with Crippen molar-refractivity contribution in [3.05, 3.63) is 24.5 Å². The van der Waals surface area contributed by atoms with Crippen molar-refractivity contribution in [1.29, 1.82) is 0 Å². The van der Waals surface area contributed by atoms with E-state index in [1.807, 2.05) is 6.92 Å². The molecule has 2 heterocycles. The van der Waals surface area contributed by atoms with E-state index >= 15 is 0 Å². The Labute approximate surface area is 137 Å². The van der Waals surface area contributed by atoms with Crippen LogP contribution in [0.4, 0.5) is 0 Å². The molecule has 0 aromatic carbocycles. The van der Waals surface area contributed by atoms with Crippen LogP contribution in [0.15, 0.2) is 29.4 Å². The monoisotopic (exact) mass is 340 g/mol. The topological polar surface area (TPSA) is 105 Å². The lowest BCUT2D eigenvalue weighted by molar-refractivity contribution is -0.132. The maximum Gasteiger partial charge on any atom is 0.242 e. The van der Waals surface area contributed by atoms with Gasteiger partial charge in [0.15, 0.2) is 0 Å². The van der Waals surface area contributed by atoms with Crippen LogP contribution in [0.5, 0.6) is 0 Å². The van der Waals surface area contributed by atoms with Crippen LogP contribution in [0.25, 0.3) is 0 Å². The molecule has 8 heteroatoms. The molecule has 7 nitrogen and oxygen atoms in total. The first-order chi connectivity index (χ1) is 10.9. The highest BCUT2D eigenvalue weighted by Gasteiger charge is 2.25. The average Bonchev–Trinajstić information content (AvgIpc) is 2.55. The molecule has 23 heavy (non-hydrogen) atoms. The number of likely N-dealkylation sites (tertiary alicyclic amines) is 1. The first kappa shape index (κ1) is 17.8. The number of nitrogens with zero attached hydrogens (tertiary/aromatic N) is 2. The molecule has 2 rings (SSSR count). The lowest BCUT2D eigenvalue weighted by Gasteiger charge is -2.34. The number of sulfonamides is 1. The van der Waals surface area contributed by atoms with E-state index in [0.717, 1.165) is 19.4 Å². The summed E-state index contributed by atoms with van der Waals surface area (Å²) in [6.45, 7) is 3.42. The van der Waals surface area contributed by atoms with E-state index in [1.54, 1.807) is 11.0 Å². The smallest absolute Gasteiger partial charge is 0.242 e. The predicted molar refractivity (Wildman–Crippen MR) is 87.0 cm³/mol. The number of hydrogen-bond donors (Lipinski definition) is 2. The van der Waals surface area contributed by atoms with Crippen LogP contribution >= 0.6 is 0 Å². The molecular formula is C15H24N4O3S. The zero-order valence-electron chi connectivity index (χ0n) is 13.3. The second-order valence-electron chi connectivity index (χ2n) is 5.94. The highest BCUT2D eigenvalue weighted by molar-refractivity contribution is 7.89. The van der Waals surface area contributed by atoms with Gasteiger partial charge in [-0.05, 0) is 37.8 Å². The Bertz CT molecular complexity index is 619. The van der Waals surface area contributed by atoms with E-state index < -0.39 is 10.0 Å². The van der Waals surface area contributed by atoms with Gasteiger partial charge in [0.25, 0.3) is 0 Å². The second kappa shape index (κ2) is 7.85. The number of nitrogens with two attached hydrogens (primary N) is 1. The number of piperidine rings is 1. The van der Waals surface area contributed by atoms with Crippen molar-refractivity contribution in [2.45, 2.75) is 37.1 Å². The molecule has 0 spiro atoms. The van der Waals surface area contributed by atoms with Gasteiger partial charge in [-0.15, -0.1) is 0 Å². The maximum atomic E-state index is 12.2. The fourth-order valence-corrected chi connectivity index (χ4v) is 3.70. The summed E-state index contributed by atoms with van der Waals surface area (Å²) >= 11 is 0. The number of aromatic nitrogens is 1. The SMILES string of the molecule is CC(N)C1CCCN(C(=O)CCNS(=O)(=O)c2cccnc2)C1. The Morgan fingerprint density at radius 1 is 1.57 bits per heavy atom. The number of carbonyl (C=O) groups is 1. The van der Waals surface area contributed by atoms with Gasteiger partial charge >= 0.3 is 0 Å². The molecule has 3 N–H and O–H groups in total. The van der Waals surface area contributed by atoms with Gasteiger partial charge in [-0.3, -0.25) is 9.78 Å². The number of nitrogens with one attached hydrogen (secondary N) is 1. The minimum absolute atomic E-state index is 0.0377. The number of carbonyl (C=O) groups excluding carboxylic acids is 1. The van der Waals surface area contributed by atoms with Gasteiger partial charge in [-0.25, -0.2) is 13.1 Å². The first-order valence-corrected chi connectivity index (χ1v) is 9.31. The van der Waals surface area contributed by atoms with E-state index in [9.17, 15) is 13.2 Å². The summed E-state index contributed by atoms with van der Waals surface area (Å²) in [5, 5.41) is 0. The Kier molecular flexibility index (Phi) is 6.09. The van der Waals surface area contributed by atoms with Gasteiger partial charge in [-0.2, -0.15) is 0 Å². The second-order valence-corrected chi connectivity index (χ2v) is 7.70. The van der Waals surface area contributed by atoms with Crippen molar-refractivity contribution in [3.8, 4) is 0 Å². The van der Waals surface area contributed by atoms with Crippen LogP contribution in [-0.2, 0) is 14.8 Å². The third-order valence-electron chi connectivity index (χ3n) is 4.13. The van der Waals surface area contributed by atoms with Crippen molar-refractivity contribution < 1.29 is 13.2 Å². The summed E-state index contributed by atoms with van der Waals surface area (Å²) in [6.07, 6.45) is 4.91. The molecule has 1 aliphatic heterocycles. The Balaban J connectivity index is 1.83. The molecule has 1 fully saturated rings. The molecule has 1 aliphatic rings. The Morgan fingerprint density at radius 3 is 3.00 bits per heavy atom. The molecular weight excluding hydrogens is 316 g/mol. The highest BCUT2D eigenvalue weighted by atomic mass is 32.2. The first-order valence-electron chi connectivity index (χ1n) is 7.83. The minimum atomic E-state index is -3.61. The van der Waals surface area contributed by atoms with Gasteiger partial charge < -0.3 is 10.6 Å². The van der Waals surface area contributed by atoms with Crippen molar-refractivity contribution in [2.24, 2.45) is 11.7 Å². The highest BCUT2D eigenvalue weighted by Crippen LogP contribution is 2.19. The summed E-state index contributed by atoms with van der Waals surface area (Å²) in [5.41, 5.74) is 5.92. The lowest BCUT2D eigenvalue weighted by atomic mass is 9.92. The summed E-state index contributed by atoms with van der Waals surface area (Å²) < 4.78 is 26.5. The van der Waals surface area contributed by atoms with Crippen molar-refractivity contribution >= 4 is 15.9 Å². The number of pyridine rings is 1. The zero-order chi connectivity index (χ0) is 16.9. The van der Waals surface area contributed by atoms with Crippen LogP contribution in [0, 0.1) is 5.92 Å². The third kappa shape index (κ3) is 4.98. The summed E-state index contributed by atoms with van der Waals surface area (Å²) in [4.78, 5) is 17.9. The van der Waals surface area contributed by atoms with Crippen LogP contribution in [0.1, 0.15) is 26.2 Å². The molecule has 1 aromatic rings. The fourth-order valence-electron chi connectivity index (χ4n) is 2.71. The molecule has 0 radical (unpaired) electrons. The van der Waals surface area contributed by atoms with Crippen molar-refractivity contribution in [3.63, 3.8) is 0 Å². The summed E-state index contributed by atoms with van der Waals surface area (Å²) in [6, 6.07) is 3.09. The van der Waals surface area contributed by atoms with Crippen LogP contribution in [-0.4, -0.2) is 49.9 Å². The number of amides is 1. The lowest BCUT2D eigenvalue weighted by Crippen LogP contribution is -2.45. The molecule has 1 saturated heterocycles. The van der Waals surface area contributed by atoms with E-state index in [4.69, 9.17) is 5.73 Å². The molecule has 1 aromatic heterocycles. The largest absolute Gasteiger partial charge is 0.342 e. The maximum absolute atomic E-state index is 12.2. The molecule has 0 aliphatic carbocycles. The molecule has 0 saturated carbocycles. The standard InChI is InChI=1S/C15H24N4O3S/c1-12(16)13-4-3-9-19(11-13)15(20)6-8-18-23(21,22)14-5-2-7-17-10-14/h2,5,7,10,12-13,18H,3-4,6,8-9,11,16H2,1H3. The Morgan fingerprint density at radius 2 is 2.35 bits per heavy atom. The van der Waals surface area contributed by atoms with Crippen LogP contribution in [0.3, 0.4) is 0 Å². The molecule has 128 valence electrons. The van der Waals surface area contributed by atoms with Crippen molar-refractivity contribution in [1.82, 2.24) is 14.6 Å². The quantitative estimate of drug-likeness (QED) is 0.777. The van der Waals surface area contributed by atoms with Crippen LogP contribution in [0.2, 0.25) is 0 Å². The van der Waals surface area contributed by atoms with E-state index in [2.05, 4.69) is 9.71 Å². The average molecular weight is 340 g/mol. The van der Waals surface area contributed by atoms with E-state index in [-0.39, 0.29) is 29.8 Å². The summed E-state index contributed by atoms with van der Waals surface area (Å²) in [5.74, 6) is 0.282. The normalized spacial score (nSPS) is 20.3. The fraction of sp³-hybridized carbons (Fsp3) is 0.600. The third-order valence-corrected chi connectivity index (χ3v) is 5.58. The zero-order valence-corrected chi connectivity index (χ0v) is 14.1. The molecule has 0 bridgehead atoms. The van der Waals surface area contributed by atoms with E-state index in [0.29, 0.717) is 12.5 Å².